The number of carboxylic acids is 1. The van der Waals surface area contributed by atoms with Gasteiger partial charge in [0.2, 0.25) is 0 Å². The number of hydrogen-bond acceptors (Lipinski definition) is 3. The van der Waals surface area contributed by atoms with Crippen molar-refractivity contribution in [3.63, 3.8) is 0 Å². The summed E-state index contributed by atoms with van der Waals surface area (Å²) in [7, 11) is 0. The van der Waals surface area contributed by atoms with Crippen LogP contribution < -0.4 is 0 Å². The van der Waals surface area contributed by atoms with E-state index in [2.05, 4.69) is 41.3 Å². The highest BCUT2D eigenvalue weighted by Crippen LogP contribution is 2.30. The normalized spacial score (nSPS) is 16.8. The third-order valence-electron chi connectivity index (χ3n) is 4.43. The van der Waals surface area contributed by atoms with Crippen molar-refractivity contribution in [2.24, 2.45) is 0 Å². The zero-order valence-electron chi connectivity index (χ0n) is 13.8. The van der Waals surface area contributed by atoms with Crippen molar-refractivity contribution in [3.8, 4) is 0 Å². The molecule has 0 bridgehead atoms. The molecule has 0 saturated carbocycles. The molecule has 2 aromatic rings. The van der Waals surface area contributed by atoms with Gasteiger partial charge in [0.1, 0.15) is 0 Å². The highest BCUT2D eigenvalue weighted by atomic mass is 35.5. The van der Waals surface area contributed by atoms with Crippen LogP contribution in [-0.2, 0) is 4.79 Å². The third kappa shape index (κ3) is 5.19. The molecule has 1 heterocycles. The number of rotatable bonds is 5. The minimum atomic E-state index is -0.763. The molecule has 3 rings (SSSR count). The molecule has 1 aliphatic heterocycles. The Morgan fingerprint density at radius 3 is 2.08 bits per heavy atom. The monoisotopic (exact) mass is 380 g/mol. The summed E-state index contributed by atoms with van der Waals surface area (Å²) < 4.78 is 0. The number of aliphatic carboxylic acids is 1. The van der Waals surface area contributed by atoms with Crippen LogP contribution in [0.3, 0.4) is 0 Å². The van der Waals surface area contributed by atoms with Crippen LogP contribution in [0.1, 0.15) is 17.2 Å². The molecule has 1 atom stereocenters. The van der Waals surface area contributed by atoms with Gasteiger partial charge in [-0.1, -0.05) is 54.1 Å². The first-order valence-corrected chi connectivity index (χ1v) is 8.50. The summed E-state index contributed by atoms with van der Waals surface area (Å²) in [4.78, 5) is 15.3. The van der Waals surface area contributed by atoms with Gasteiger partial charge in [0, 0.05) is 31.2 Å². The summed E-state index contributed by atoms with van der Waals surface area (Å²) in [5, 5.41) is 9.69. The van der Waals surface area contributed by atoms with E-state index < -0.39 is 5.97 Å². The van der Waals surface area contributed by atoms with Gasteiger partial charge in [0.25, 0.3) is 0 Å². The average Bonchev–Trinajstić information content (AvgIpc) is 2.59. The highest BCUT2D eigenvalue weighted by molar-refractivity contribution is 6.30. The van der Waals surface area contributed by atoms with Crippen LogP contribution in [0, 0.1) is 0 Å². The van der Waals surface area contributed by atoms with Crippen LogP contribution in [-0.4, -0.2) is 53.6 Å². The van der Waals surface area contributed by atoms with Gasteiger partial charge >= 0.3 is 5.97 Å². The standard InChI is InChI=1S/C19H21ClN2O2.ClH/c20-17-8-6-16(7-9-17)19(15-4-2-1-3-5-15)22-12-10-21(11-13-22)14-18(23)24;/h1-9,19H,10-14H2,(H,23,24);1H/t19-;/m0./s1. The maximum atomic E-state index is 10.9. The lowest BCUT2D eigenvalue weighted by atomic mass is 9.96. The third-order valence-corrected chi connectivity index (χ3v) is 4.68. The molecule has 1 N–H and O–H groups in total. The molecule has 0 aromatic heterocycles. The number of hydrogen-bond donors (Lipinski definition) is 1. The fourth-order valence-electron chi connectivity index (χ4n) is 3.27. The van der Waals surface area contributed by atoms with E-state index in [9.17, 15) is 4.79 Å². The lowest BCUT2D eigenvalue weighted by Gasteiger charge is -2.39. The van der Waals surface area contributed by atoms with Crippen molar-refractivity contribution in [2.45, 2.75) is 6.04 Å². The Bertz CT molecular complexity index is 672. The van der Waals surface area contributed by atoms with Gasteiger partial charge < -0.3 is 5.11 Å². The number of carbonyl (C=O) groups is 1. The molecular formula is C19H22Cl2N2O2. The molecule has 0 amide bonds. The van der Waals surface area contributed by atoms with Crippen molar-refractivity contribution in [1.29, 1.82) is 0 Å². The topological polar surface area (TPSA) is 43.8 Å². The first-order chi connectivity index (χ1) is 11.6. The lowest BCUT2D eigenvalue weighted by molar-refractivity contribution is -0.138. The molecule has 25 heavy (non-hydrogen) atoms. The van der Waals surface area contributed by atoms with Crippen LogP contribution >= 0.6 is 24.0 Å². The summed E-state index contributed by atoms with van der Waals surface area (Å²) in [6, 6.07) is 18.6. The fourth-order valence-corrected chi connectivity index (χ4v) is 3.39. The van der Waals surface area contributed by atoms with Gasteiger partial charge in [-0.15, -0.1) is 12.4 Å². The SMILES string of the molecule is Cl.O=C(O)CN1CCN([C@@H](c2ccccc2)c2ccc(Cl)cc2)CC1. The van der Waals surface area contributed by atoms with Crippen molar-refractivity contribution < 1.29 is 9.90 Å². The van der Waals surface area contributed by atoms with Gasteiger partial charge in [0.15, 0.2) is 0 Å². The van der Waals surface area contributed by atoms with E-state index in [1.165, 1.54) is 11.1 Å². The minimum absolute atomic E-state index is 0. The molecule has 1 saturated heterocycles. The zero-order valence-corrected chi connectivity index (χ0v) is 15.4. The van der Waals surface area contributed by atoms with E-state index in [0.717, 1.165) is 31.2 Å². The smallest absolute Gasteiger partial charge is 0.317 e. The number of carboxylic acid groups (broad SMARTS) is 1. The van der Waals surface area contributed by atoms with Crippen LogP contribution in [0.4, 0.5) is 0 Å². The molecule has 6 heteroatoms. The Balaban J connectivity index is 0.00000225. The van der Waals surface area contributed by atoms with Gasteiger partial charge in [-0.3, -0.25) is 14.6 Å². The van der Waals surface area contributed by atoms with Crippen LogP contribution in [0.25, 0.3) is 0 Å². The van der Waals surface area contributed by atoms with Gasteiger partial charge in [-0.05, 0) is 23.3 Å². The second-order valence-electron chi connectivity index (χ2n) is 6.07. The molecule has 2 aromatic carbocycles. The molecule has 1 fully saturated rings. The van der Waals surface area contributed by atoms with E-state index >= 15 is 0 Å². The maximum absolute atomic E-state index is 10.9. The average molecular weight is 381 g/mol. The molecule has 0 aliphatic carbocycles. The van der Waals surface area contributed by atoms with Crippen molar-refractivity contribution in [1.82, 2.24) is 9.80 Å². The first-order valence-electron chi connectivity index (χ1n) is 8.12. The number of nitrogens with zero attached hydrogens (tertiary/aromatic N) is 2. The molecule has 0 unspecified atom stereocenters. The second-order valence-corrected chi connectivity index (χ2v) is 6.51. The Kier molecular flexibility index (Phi) is 7.26. The fraction of sp³-hybridized carbons (Fsp3) is 0.316. The van der Waals surface area contributed by atoms with E-state index in [1.807, 2.05) is 23.1 Å². The second kappa shape index (κ2) is 9.20. The van der Waals surface area contributed by atoms with Gasteiger partial charge in [-0.2, -0.15) is 0 Å². The highest BCUT2D eigenvalue weighted by Gasteiger charge is 2.26. The van der Waals surface area contributed by atoms with Crippen molar-refractivity contribution >= 4 is 30.0 Å². The molecule has 0 spiro atoms. The Morgan fingerprint density at radius 1 is 0.960 bits per heavy atom. The molecule has 4 nitrogen and oxygen atoms in total. The zero-order chi connectivity index (χ0) is 16.9. The molecule has 134 valence electrons. The summed E-state index contributed by atoms with van der Waals surface area (Å²) >= 11 is 6.04. The van der Waals surface area contributed by atoms with Gasteiger partial charge in [0.05, 0.1) is 12.6 Å². The molecular weight excluding hydrogens is 359 g/mol. The number of piperazine rings is 1. The minimum Gasteiger partial charge on any atom is -0.480 e. The van der Waals surface area contributed by atoms with Crippen LogP contribution in [0.2, 0.25) is 5.02 Å². The first kappa shape index (κ1) is 19.7. The van der Waals surface area contributed by atoms with Crippen molar-refractivity contribution in [3.05, 3.63) is 70.7 Å². The summed E-state index contributed by atoms with van der Waals surface area (Å²) in [5.41, 5.74) is 2.45. The van der Waals surface area contributed by atoms with E-state index in [4.69, 9.17) is 16.7 Å². The predicted molar refractivity (Wildman–Crippen MR) is 103 cm³/mol. The maximum Gasteiger partial charge on any atom is 0.317 e. The van der Waals surface area contributed by atoms with E-state index in [1.54, 1.807) is 0 Å². The largest absolute Gasteiger partial charge is 0.480 e. The number of benzene rings is 2. The Hall–Kier alpha value is -1.59. The summed E-state index contributed by atoms with van der Waals surface area (Å²) in [6.45, 7) is 3.34. The predicted octanol–water partition coefficient (Wildman–Crippen LogP) is 3.55. The summed E-state index contributed by atoms with van der Waals surface area (Å²) in [5.74, 6) is -0.763. The van der Waals surface area contributed by atoms with Crippen LogP contribution in [0.5, 0.6) is 0 Å². The van der Waals surface area contributed by atoms with E-state index in [0.29, 0.717) is 0 Å². The Morgan fingerprint density at radius 2 is 1.52 bits per heavy atom. The lowest BCUT2D eigenvalue weighted by Crippen LogP contribution is -2.49. The van der Waals surface area contributed by atoms with E-state index in [-0.39, 0.29) is 25.0 Å². The van der Waals surface area contributed by atoms with Crippen molar-refractivity contribution in [2.75, 3.05) is 32.7 Å². The van der Waals surface area contributed by atoms with Gasteiger partial charge in [-0.25, -0.2) is 0 Å². The number of halogens is 2. The Labute approximate surface area is 159 Å². The molecule has 1 aliphatic rings. The molecule has 0 radical (unpaired) electrons. The quantitative estimate of drug-likeness (QED) is 0.860. The van der Waals surface area contributed by atoms with Crippen LogP contribution in [0.15, 0.2) is 54.6 Å². The summed E-state index contributed by atoms with van der Waals surface area (Å²) in [6.07, 6.45) is 0.